The molecule has 2 aromatic heterocycles. The highest BCUT2D eigenvalue weighted by molar-refractivity contribution is 5.96. The summed E-state index contributed by atoms with van der Waals surface area (Å²) in [6, 6.07) is 8.40. The summed E-state index contributed by atoms with van der Waals surface area (Å²) in [6.45, 7) is 8.76. The van der Waals surface area contributed by atoms with Crippen LogP contribution in [0.4, 0.5) is 0 Å². The van der Waals surface area contributed by atoms with Gasteiger partial charge in [-0.3, -0.25) is 9.48 Å². The predicted octanol–water partition coefficient (Wildman–Crippen LogP) is 3.48. The van der Waals surface area contributed by atoms with Crippen LogP contribution >= 0.6 is 0 Å². The first-order chi connectivity index (χ1) is 14.6. The quantitative estimate of drug-likeness (QED) is 0.648. The van der Waals surface area contributed by atoms with Gasteiger partial charge in [-0.05, 0) is 51.9 Å². The summed E-state index contributed by atoms with van der Waals surface area (Å²) in [5, 5.41) is 9.93. The number of fused-ring (bicyclic) bond motifs is 2. The Morgan fingerprint density at radius 3 is 2.73 bits per heavy atom. The number of carbonyl (C=O) groups excluding carboxylic acids is 1. The van der Waals surface area contributed by atoms with Crippen molar-refractivity contribution in [3.63, 3.8) is 0 Å². The van der Waals surface area contributed by atoms with Crippen LogP contribution in [0, 0.1) is 0 Å². The Labute approximate surface area is 176 Å². The number of para-hydroxylation sites is 1. The molecule has 7 heteroatoms. The van der Waals surface area contributed by atoms with Crippen LogP contribution in [-0.2, 0) is 6.42 Å². The number of hydrogen-bond acceptors (Lipinski definition) is 5. The first-order valence-electron chi connectivity index (χ1n) is 11.0. The molecule has 0 radical (unpaired) electrons. The van der Waals surface area contributed by atoms with E-state index in [-0.39, 0.29) is 11.9 Å². The second-order valence-corrected chi connectivity index (χ2v) is 8.77. The topological polar surface area (TPSA) is 67.4 Å². The lowest BCUT2D eigenvalue weighted by molar-refractivity contribution is 0.0708. The lowest BCUT2D eigenvalue weighted by Crippen LogP contribution is -2.44. The summed E-state index contributed by atoms with van der Waals surface area (Å²) >= 11 is 0. The molecule has 0 bridgehead atoms. The van der Waals surface area contributed by atoms with E-state index in [0.29, 0.717) is 5.92 Å². The third-order valence-electron chi connectivity index (χ3n) is 6.59. The van der Waals surface area contributed by atoms with Crippen molar-refractivity contribution in [3.8, 4) is 0 Å². The zero-order valence-electron chi connectivity index (χ0n) is 17.8. The molecule has 1 fully saturated rings. The van der Waals surface area contributed by atoms with Crippen LogP contribution in [0.2, 0.25) is 0 Å². The van der Waals surface area contributed by atoms with E-state index in [9.17, 15) is 4.79 Å². The van der Waals surface area contributed by atoms with Crippen molar-refractivity contribution in [3.05, 3.63) is 47.4 Å². The number of rotatable bonds is 5. The molecule has 3 aromatic rings. The fourth-order valence-corrected chi connectivity index (χ4v) is 4.88. The number of benzene rings is 1. The molecule has 0 saturated carbocycles. The summed E-state index contributed by atoms with van der Waals surface area (Å²) in [6.07, 6.45) is 4.80. The third-order valence-corrected chi connectivity index (χ3v) is 6.59. The molecule has 1 amide bonds. The van der Waals surface area contributed by atoms with Crippen molar-refractivity contribution in [1.82, 2.24) is 24.7 Å². The van der Waals surface area contributed by atoms with Crippen LogP contribution in [-0.4, -0.2) is 63.4 Å². The number of aromatic nitrogens is 3. The van der Waals surface area contributed by atoms with Gasteiger partial charge < -0.3 is 14.3 Å². The Morgan fingerprint density at radius 1 is 1.13 bits per heavy atom. The second kappa shape index (κ2) is 7.87. The van der Waals surface area contributed by atoms with Crippen LogP contribution < -0.4 is 0 Å². The lowest BCUT2D eigenvalue weighted by atomic mass is 9.91. The Morgan fingerprint density at radius 2 is 1.93 bits per heavy atom. The number of carbonyl (C=O) groups is 1. The van der Waals surface area contributed by atoms with Gasteiger partial charge in [-0.15, -0.1) is 0 Å². The molecule has 7 nitrogen and oxygen atoms in total. The van der Waals surface area contributed by atoms with Crippen LogP contribution in [0.1, 0.15) is 60.4 Å². The zero-order valence-corrected chi connectivity index (χ0v) is 17.8. The molecule has 0 atom stereocenters. The molecule has 158 valence electrons. The molecule has 4 heterocycles. The molecule has 2 aliphatic rings. The van der Waals surface area contributed by atoms with Gasteiger partial charge in [0.05, 0.1) is 23.1 Å². The minimum atomic E-state index is 0.132. The van der Waals surface area contributed by atoms with E-state index < -0.39 is 0 Å². The van der Waals surface area contributed by atoms with Gasteiger partial charge in [0.15, 0.2) is 5.58 Å². The van der Waals surface area contributed by atoms with Crippen LogP contribution in [0.3, 0.4) is 0 Å². The summed E-state index contributed by atoms with van der Waals surface area (Å²) in [5.41, 5.74) is 3.85. The van der Waals surface area contributed by atoms with Crippen molar-refractivity contribution in [2.75, 3.05) is 32.7 Å². The average Bonchev–Trinajstić information content (AvgIpc) is 3.39. The second-order valence-electron chi connectivity index (χ2n) is 8.77. The molecular weight excluding hydrogens is 378 g/mol. The fourth-order valence-electron chi connectivity index (χ4n) is 4.88. The Kier molecular flexibility index (Phi) is 5.06. The van der Waals surface area contributed by atoms with Gasteiger partial charge in [-0.1, -0.05) is 17.3 Å². The average molecular weight is 408 g/mol. The molecule has 0 N–H and O–H groups in total. The summed E-state index contributed by atoms with van der Waals surface area (Å²) in [5.74, 6) is 0.582. The predicted molar refractivity (Wildman–Crippen MR) is 115 cm³/mol. The number of hydrogen-bond donors (Lipinski definition) is 0. The van der Waals surface area contributed by atoms with E-state index >= 15 is 0 Å². The highest BCUT2D eigenvalue weighted by Crippen LogP contribution is 2.32. The van der Waals surface area contributed by atoms with Crippen LogP contribution in [0.25, 0.3) is 11.0 Å². The van der Waals surface area contributed by atoms with E-state index in [2.05, 4.69) is 35.1 Å². The zero-order chi connectivity index (χ0) is 20.7. The van der Waals surface area contributed by atoms with E-state index in [1.165, 1.54) is 0 Å². The van der Waals surface area contributed by atoms with Crippen molar-refractivity contribution < 1.29 is 9.32 Å². The van der Waals surface area contributed by atoms with Gasteiger partial charge >= 0.3 is 0 Å². The standard InChI is InChI=1S/C23H29N5O2/c1-16(2)28-20-9-12-27(23(29)19(20)15-24-28)14-13-26-10-7-17(8-11-26)22-18-5-3-4-6-21(18)30-25-22/h3-6,15-17H,7-14H2,1-2H3. The first-order valence-corrected chi connectivity index (χ1v) is 11.0. The Balaban J connectivity index is 1.16. The maximum absolute atomic E-state index is 12.9. The largest absolute Gasteiger partial charge is 0.356 e. The fraction of sp³-hybridized carbons (Fsp3) is 0.522. The summed E-state index contributed by atoms with van der Waals surface area (Å²) < 4.78 is 7.49. The third kappa shape index (κ3) is 3.41. The van der Waals surface area contributed by atoms with Gasteiger partial charge in [0, 0.05) is 43.4 Å². The van der Waals surface area contributed by atoms with E-state index in [1.807, 2.05) is 27.8 Å². The molecule has 0 unspecified atom stereocenters. The Hall–Kier alpha value is -2.67. The summed E-state index contributed by atoms with van der Waals surface area (Å²) in [7, 11) is 0. The van der Waals surface area contributed by atoms with Crippen molar-refractivity contribution >= 4 is 16.9 Å². The van der Waals surface area contributed by atoms with Crippen LogP contribution in [0.15, 0.2) is 35.0 Å². The molecule has 30 heavy (non-hydrogen) atoms. The number of nitrogens with zero attached hydrogens (tertiary/aromatic N) is 5. The molecule has 0 spiro atoms. The van der Waals surface area contributed by atoms with E-state index in [1.54, 1.807) is 6.20 Å². The van der Waals surface area contributed by atoms with Gasteiger partial charge in [-0.2, -0.15) is 5.10 Å². The van der Waals surface area contributed by atoms with Gasteiger partial charge in [0.1, 0.15) is 0 Å². The van der Waals surface area contributed by atoms with Gasteiger partial charge in [0.25, 0.3) is 5.91 Å². The summed E-state index contributed by atoms with van der Waals surface area (Å²) in [4.78, 5) is 17.4. The lowest BCUT2D eigenvalue weighted by Gasteiger charge is -2.34. The highest BCUT2D eigenvalue weighted by atomic mass is 16.5. The highest BCUT2D eigenvalue weighted by Gasteiger charge is 2.30. The monoisotopic (exact) mass is 407 g/mol. The van der Waals surface area contributed by atoms with Gasteiger partial charge in [0.2, 0.25) is 0 Å². The maximum Gasteiger partial charge on any atom is 0.257 e. The number of amides is 1. The number of likely N-dealkylation sites (tertiary alicyclic amines) is 1. The minimum absolute atomic E-state index is 0.132. The van der Waals surface area contributed by atoms with Crippen molar-refractivity contribution in [1.29, 1.82) is 0 Å². The maximum atomic E-state index is 12.9. The van der Waals surface area contributed by atoms with E-state index in [0.717, 1.165) is 79.9 Å². The van der Waals surface area contributed by atoms with E-state index in [4.69, 9.17) is 4.52 Å². The molecular formula is C23H29N5O2. The SMILES string of the molecule is CC(C)n1ncc2c1CCN(CCN1CCC(c3noc4ccccc34)CC1)C2=O. The molecule has 5 rings (SSSR count). The smallest absolute Gasteiger partial charge is 0.257 e. The van der Waals surface area contributed by atoms with Crippen molar-refractivity contribution in [2.24, 2.45) is 0 Å². The normalized spacial score (nSPS) is 18.5. The van der Waals surface area contributed by atoms with Gasteiger partial charge in [-0.25, -0.2) is 0 Å². The molecule has 1 saturated heterocycles. The molecule has 2 aliphatic heterocycles. The number of piperidine rings is 1. The van der Waals surface area contributed by atoms with Crippen LogP contribution in [0.5, 0.6) is 0 Å². The minimum Gasteiger partial charge on any atom is -0.356 e. The molecule has 1 aromatic carbocycles. The van der Waals surface area contributed by atoms with Crippen molar-refractivity contribution in [2.45, 2.75) is 45.1 Å². The first kappa shape index (κ1) is 19.3. The Bertz CT molecular complexity index is 1040. The molecule has 0 aliphatic carbocycles.